The summed E-state index contributed by atoms with van der Waals surface area (Å²) in [5.41, 5.74) is 0.774. The Hall–Kier alpha value is -1.56. The van der Waals surface area contributed by atoms with E-state index in [-0.39, 0.29) is 5.78 Å². The quantitative estimate of drug-likeness (QED) is 0.705. The van der Waals surface area contributed by atoms with Gasteiger partial charge in [0.25, 0.3) is 0 Å². The van der Waals surface area contributed by atoms with Crippen molar-refractivity contribution in [1.29, 1.82) is 0 Å². The van der Waals surface area contributed by atoms with Crippen LogP contribution in [-0.4, -0.2) is 24.1 Å². The molecule has 0 amide bonds. The van der Waals surface area contributed by atoms with Gasteiger partial charge in [-0.25, -0.2) is 4.98 Å². The lowest BCUT2D eigenvalue weighted by molar-refractivity contribution is 0.103. The fraction of sp³-hybridized carbons (Fsp3) is 0.250. The van der Waals surface area contributed by atoms with Crippen molar-refractivity contribution in [2.75, 3.05) is 0 Å². The van der Waals surface area contributed by atoms with Crippen molar-refractivity contribution in [2.24, 2.45) is 0 Å². The minimum Gasteiger partial charge on any atom is -0.337 e. The lowest BCUT2D eigenvalue weighted by Gasteiger charge is -1.91. The third-order valence-electron chi connectivity index (χ3n) is 1.82. The first-order chi connectivity index (χ1) is 6.81. The molecule has 0 saturated heterocycles. The summed E-state index contributed by atoms with van der Waals surface area (Å²) in [7, 11) is 0. The molecule has 0 N–H and O–H groups in total. The lowest BCUT2D eigenvalue weighted by atomic mass is 10.2. The van der Waals surface area contributed by atoms with Crippen LogP contribution in [0.2, 0.25) is 0 Å². The molecule has 0 saturated carbocycles. The summed E-state index contributed by atoms with van der Waals surface area (Å²) in [6.07, 6.45) is 4.80. The van der Waals surface area contributed by atoms with Crippen LogP contribution in [0.15, 0.2) is 18.7 Å². The maximum absolute atomic E-state index is 11.7. The fourth-order valence-electron chi connectivity index (χ4n) is 1.05. The van der Waals surface area contributed by atoms with Gasteiger partial charge in [0, 0.05) is 12.7 Å². The van der Waals surface area contributed by atoms with Gasteiger partial charge in [0.1, 0.15) is 11.4 Å². The Morgan fingerprint density at radius 2 is 2.43 bits per heavy atom. The number of ketones is 1. The summed E-state index contributed by atoms with van der Waals surface area (Å²) in [6.45, 7) is 2.79. The SMILES string of the molecule is CCn1cnc(C(=O)c2cnsn2)c1. The van der Waals surface area contributed by atoms with E-state index in [4.69, 9.17) is 0 Å². The predicted molar refractivity (Wildman–Crippen MR) is 51.2 cm³/mol. The third-order valence-corrected chi connectivity index (χ3v) is 2.30. The molecule has 0 radical (unpaired) electrons. The van der Waals surface area contributed by atoms with E-state index in [1.54, 1.807) is 12.5 Å². The largest absolute Gasteiger partial charge is 0.337 e. The van der Waals surface area contributed by atoms with Crippen LogP contribution in [0.1, 0.15) is 23.1 Å². The number of aromatic nitrogens is 4. The van der Waals surface area contributed by atoms with E-state index in [1.165, 1.54) is 6.20 Å². The van der Waals surface area contributed by atoms with E-state index in [0.29, 0.717) is 11.4 Å². The number of carbonyl (C=O) groups excluding carboxylic acids is 1. The first kappa shape index (κ1) is 9.01. The zero-order chi connectivity index (χ0) is 9.97. The number of hydrogen-bond acceptors (Lipinski definition) is 5. The van der Waals surface area contributed by atoms with E-state index in [0.717, 1.165) is 18.3 Å². The maximum atomic E-state index is 11.7. The molecule has 2 heterocycles. The average Bonchev–Trinajstić information content (AvgIpc) is 2.88. The van der Waals surface area contributed by atoms with Crippen molar-refractivity contribution in [3.05, 3.63) is 30.1 Å². The second-order valence-corrected chi connectivity index (χ2v) is 3.27. The van der Waals surface area contributed by atoms with Crippen LogP contribution in [0.3, 0.4) is 0 Å². The highest BCUT2D eigenvalue weighted by Gasteiger charge is 2.14. The molecule has 0 aliphatic carbocycles. The molecule has 0 unspecified atom stereocenters. The summed E-state index contributed by atoms with van der Waals surface area (Å²) in [6, 6.07) is 0. The van der Waals surface area contributed by atoms with Crippen LogP contribution < -0.4 is 0 Å². The molecule has 0 spiro atoms. The summed E-state index contributed by atoms with van der Waals surface area (Å²) < 4.78 is 9.47. The molecule has 2 rings (SSSR count). The number of imidazole rings is 1. The van der Waals surface area contributed by atoms with Crippen molar-refractivity contribution < 1.29 is 4.79 Å². The second kappa shape index (κ2) is 3.67. The number of nitrogens with zero attached hydrogens (tertiary/aromatic N) is 4. The van der Waals surface area contributed by atoms with E-state index < -0.39 is 0 Å². The molecule has 0 aromatic carbocycles. The predicted octanol–water partition coefficient (Wildman–Crippen LogP) is 0.985. The Bertz CT molecular complexity index is 434. The minimum atomic E-state index is -0.175. The van der Waals surface area contributed by atoms with E-state index in [9.17, 15) is 4.79 Å². The maximum Gasteiger partial charge on any atom is 0.233 e. The first-order valence-electron chi connectivity index (χ1n) is 4.15. The first-order valence-corrected chi connectivity index (χ1v) is 4.88. The fourth-order valence-corrected chi connectivity index (χ4v) is 1.46. The molecule has 5 nitrogen and oxygen atoms in total. The van der Waals surface area contributed by atoms with Crippen LogP contribution >= 0.6 is 11.7 Å². The average molecular weight is 208 g/mol. The van der Waals surface area contributed by atoms with E-state index >= 15 is 0 Å². The van der Waals surface area contributed by atoms with Crippen molar-refractivity contribution in [3.63, 3.8) is 0 Å². The minimum absolute atomic E-state index is 0.175. The van der Waals surface area contributed by atoms with Gasteiger partial charge in [0.05, 0.1) is 24.3 Å². The molecular weight excluding hydrogens is 200 g/mol. The molecule has 14 heavy (non-hydrogen) atoms. The highest BCUT2D eigenvalue weighted by molar-refractivity contribution is 6.99. The molecule has 0 aliphatic heterocycles. The second-order valence-electron chi connectivity index (χ2n) is 2.71. The van der Waals surface area contributed by atoms with Crippen molar-refractivity contribution in [1.82, 2.24) is 18.3 Å². The highest BCUT2D eigenvalue weighted by Crippen LogP contribution is 2.05. The molecule has 2 aromatic rings. The Kier molecular flexibility index (Phi) is 2.36. The van der Waals surface area contributed by atoms with Crippen LogP contribution in [0.4, 0.5) is 0 Å². The Morgan fingerprint density at radius 1 is 1.57 bits per heavy atom. The molecule has 72 valence electrons. The van der Waals surface area contributed by atoms with E-state index in [1.807, 2.05) is 11.5 Å². The summed E-state index contributed by atoms with van der Waals surface area (Å²) >= 11 is 1.02. The number of aryl methyl sites for hydroxylation is 1. The van der Waals surface area contributed by atoms with Gasteiger partial charge >= 0.3 is 0 Å². The van der Waals surface area contributed by atoms with Crippen molar-refractivity contribution in [2.45, 2.75) is 13.5 Å². The molecular formula is C8H8N4OS. The molecule has 0 bridgehead atoms. The zero-order valence-electron chi connectivity index (χ0n) is 7.54. The van der Waals surface area contributed by atoms with Gasteiger partial charge < -0.3 is 4.57 Å². The Balaban J connectivity index is 2.28. The molecule has 0 fully saturated rings. The van der Waals surface area contributed by atoms with Crippen LogP contribution in [0.5, 0.6) is 0 Å². The molecule has 6 heteroatoms. The number of hydrogen-bond donors (Lipinski definition) is 0. The monoisotopic (exact) mass is 208 g/mol. The summed E-state index contributed by atoms with van der Waals surface area (Å²) in [5.74, 6) is -0.175. The van der Waals surface area contributed by atoms with Gasteiger partial charge in [-0.3, -0.25) is 4.79 Å². The van der Waals surface area contributed by atoms with Gasteiger partial charge in [-0.1, -0.05) is 0 Å². The molecule has 2 aromatic heterocycles. The topological polar surface area (TPSA) is 60.7 Å². The Morgan fingerprint density at radius 3 is 3.00 bits per heavy atom. The van der Waals surface area contributed by atoms with Gasteiger partial charge in [0.15, 0.2) is 0 Å². The van der Waals surface area contributed by atoms with Gasteiger partial charge in [0.2, 0.25) is 5.78 Å². The van der Waals surface area contributed by atoms with Crippen molar-refractivity contribution in [3.8, 4) is 0 Å². The van der Waals surface area contributed by atoms with Gasteiger partial charge in [-0.15, -0.1) is 0 Å². The van der Waals surface area contributed by atoms with E-state index in [2.05, 4.69) is 13.7 Å². The third kappa shape index (κ3) is 1.56. The number of carbonyl (C=O) groups is 1. The van der Waals surface area contributed by atoms with Crippen molar-refractivity contribution >= 4 is 17.5 Å². The standard InChI is InChI=1S/C8H8N4OS/c1-2-12-4-7(9-5-12)8(13)6-3-10-14-11-6/h3-5H,2H2,1H3. The zero-order valence-corrected chi connectivity index (χ0v) is 8.36. The van der Waals surface area contributed by atoms with Gasteiger partial charge in [-0.2, -0.15) is 8.75 Å². The summed E-state index contributed by atoms with van der Waals surface area (Å²) in [4.78, 5) is 15.7. The highest BCUT2D eigenvalue weighted by atomic mass is 32.1. The smallest absolute Gasteiger partial charge is 0.233 e. The normalized spacial score (nSPS) is 10.4. The molecule has 0 aliphatic rings. The van der Waals surface area contributed by atoms with Crippen LogP contribution in [0.25, 0.3) is 0 Å². The van der Waals surface area contributed by atoms with Gasteiger partial charge in [-0.05, 0) is 6.92 Å². The van der Waals surface area contributed by atoms with Crippen LogP contribution in [0, 0.1) is 0 Å². The summed E-state index contributed by atoms with van der Waals surface area (Å²) in [5, 5.41) is 0. The van der Waals surface area contributed by atoms with Crippen LogP contribution in [-0.2, 0) is 6.54 Å². The number of rotatable bonds is 3. The molecule has 0 atom stereocenters. The Labute approximate surface area is 84.7 Å². The lowest BCUT2D eigenvalue weighted by Crippen LogP contribution is -2.01.